The normalized spacial score (nSPS) is 11.3. The number of halogens is 3. The lowest BCUT2D eigenvalue weighted by Gasteiger charge is -2.10. The summed E-state index contributed by atoms with van der Waals surface area (Å²) >= 11 is 0. The second-order valence-electron chi connectivity index (χ2n) is 2.94. The van der Waals surface area contributed by atoms with Crippen molar-refractivity contribution in [2.75, 3.05) is 19.0 Å². The molecule has 0 atom stereocenters. The number of nitrogens with zero attached hydrogens (tertiary/aromatic N) is 1. The number of aryl methyl sites for hydroxylation is 1. The van der Waals surface area contributed by atoms with Crippen LogP contribution in [0.2, 0.25) is 0 Å². The third kappa shape index (κ3) is 3.65. The van der Waals surface area contributed by atoms with Crippen LogP contribution in [0, 0.1) is 6.92 Å². The molecular formula is C9H11F3N2O. The van der Waals surface area contributed by atoms with Crippen molar-refractivity contribution in [2.24, 2.45) is 0 Å². The van der Waals surface area contributed by atoms with Gasteiger partial charge in [-0.3, -0.25) is 0 Å². The summed E-state index contributed by atoms with van der Waals surface area (Å²) in [4.78, 5) is 3.86. The van der Waals surface area contributed by atoms with Crippen LogP contribution in [0.5, 0.6) is 5.88 Å². The van der Waals surface area contributed by atoms with Gasteiger partial charge in [-0.15, -0.1) is 0 Å². The highest BCUT2D eigenvalue weighted by Gasteiger charge is 2.28. The maximum atomic E-state index is 11.8. The summed E-state index contributed by atoms with van der Waals surface area (Å²) in [6, 6.07) is 3.01. The van der Waals surface area contributed by atoms with Gasteiger partial charge in [0.25, 0.3) is 0 Å². The minimum absolute atomic E-state index is 0.0242. The number of hydrogen-bond acceptors (Lipinski definition) is 3. The Hall–Kier alpha value is -1.46. The first-order chi connectivity index (χ1) is 6.92. The fraction of sp³-hybridized carbons (Fsp3) is 0.444. The van der Waals surface area contributed by atoms with Crippen molar-refractivity contribution in [3.63, 3.8) is 0 Å². The summed E-state index contributed by atoms with van der Waals surface area (Å²) in [5.41, 5.74) is 1.35. The minimum Gasteiger partial charge on any atom is -0.468 e. The maximum Gasteiger partial charge on any atom is 0.422 e. The van der Waals surface area contributed by atoms with E-state index in [4.69, 9.17) is 0 Å². The topological polar surface area (TPSA) is 34.1 Å². The SMILES string of the molecule is CNc1ccc(OCC(F)(F)F)nc1C. The third-order valence-corrected chi connectivity index (χ3v) is 1.71. The number of ether oxygens (including phenoxy) is 1. The Morgan fingerprint density at radius 3 is 2.53 bits per heavy atom. The zero-order valence-electron chi connectivity index (χ0n) is 8.35. The Labute approximate surface area is 85.3 Å². The Morgan fingerprint density at radius 2 is 2.07 bits per heavy atom. The Morgan fingerprint density at radius 1 is 1.40 bits per heavy atom. The molecule has 0 amide bonds. The van der Waals surface area contributed by atoms with Crippen molar-refractivity contribution in [1.82, 2.24) is 4.98 Å². The van der Waals surface area contributed by atoms with E-state index in [0.717, 1.165) is 5.69 Å². The molecule has 3 nitrogen and oxygen atoms in total. The van der Waals surface area contributed by atoms with Gasteiger partial charge in [0.05, 0.1) is 11.4 Å². The summed E-state index contributed by atoms with van der Waals surface area (Å²) in [6.07, 6.45) is -4.34. The van der Waals surface area contributed by atoms with Gasteiger partial charge >= 0.3 is 6.18 Å². The molecule has 0 fully saturated rings. The van der Waals surface area contributed by atoms with Crippen molar-refractivity contribution < 1.29 is 17.9 Å². The van der Waals surface area contributed by atoms with Crippen LogP contribution in [0.1, 0.15) is 5.69 Å². The molecule has 84 valence electrons. The molecule has 0 unspecified atom stereocenters. The van der Waals surface area contributed by atoms with E-state index < -0.39 is 12.8 Å². The zero-order valence-corrected chi connectivity index (χ0v) is 8.35. The van der Waals surface area contributed by atoms with Gasteiger partial charge in [0.2, 0.25) is 5.88 Å². The van der Waals surface area contributed by atoms with Gasteiger partial charge < -0.3 is 10.1 Å². The van der Waals surface area contributed by atoms with Crippen molar-refractivity contribution in [2.45, 2.75) is 13.1 Å². The molecule has 1 N–H and O–H groups in total. The van der Waals surface area contributed by atoms with Gasteiger partial charge in [0.15, 0.2) is 6.61 Å². The van der Waals surface area contributed by atoms with Crippen molar-refractivity contribution in [1.29, 1.82) is 0 Å². The predicted octanol–water partition coefficient (Wildman–Crippen LogP) is 2.37. The lowest BCUT2D eigenvalue weighted by Crippen LogP contribution is -2.19. The summed E-state index contributed by atoms with van der Waals surface area (Å²) in [6.45, 7) is 0.366. The van der Waals surface area contributed by atoms with Crippen LogP contribution in [0.3, 0.4) is 0 Å². The van der Waals surface area contributed by atoms with Crippen molar-refractivity contribution in [3.05, 3.63) is 17.8 Å². The summed E-state index contributed by atoms with van der Waals surface area (Å²) < 4.78 is 40.0. The number of pyridine rings is 1. The molecule has 0 aromatic carbocycles. The monoisotopic (exact) mass is 220 g/mol. The molecule has 1 aromatic heterocycles. The standard InChI is InChI=1S/C9H11F3N2O/c1-6-7(13-2)3-4-8(14-6)15-5-9(10,11)12/h3-4,13H,5H2,1-2H3. The highest BCUT2D eigenvalue weighted by Crippen LogP contribution is 2.19. The number of alkyl halides is 3. The molecule has 6 heteroatoms. The highest BCUT2D eigenvalue weighted by atomic mass is 19.4. The molecule has 0 bridgehead atoms. The molecule has 0 radical (unpaired) electrons. The van der Waals surface area contributed by atoms with Crippen LogP contribution in [0.25, 0.3) is 0 Å². The van der Waals surface area contributed by atoms with E-state index in [1.54, 1.807) is 20.0 Å². The molecule has 0 spiro atoms. The Kier molecular flexibility index (Phi) is 3.39. The predicted molar refractivity (Wildman–Crippen MR) is 50.1 cm³/mol. The first kappa shape index (κ1) is 11.6. The van der Waals surface area contributed by atoms with Crippen LogP contribution < -0.4 is 10.1 Å². The van der Waals surface area contributed by atoms with E-state index in [9.17, 15) is 13.2 Å². The molecular weight excluding hydrogens is 209 g/mol. The number of anilines is 1. The largest absolute Gasteiger partial charge is 0.468 e. The van der Waals surface area contributed by atoms with E-state index >= 15 is 0 Å². The molecule has 0 aliphatic rings. The second-order valence-corrected chi connectivity index (χ2v) is 2.94. The van der Waals surface area contributed by atoms with Crippen molar-refractivity contribution in [3.8, 4) is 5.88 Å². The lowest BCUT2D eigenvalue weighted by molar-refractivity contribution is -0.154. The number of aromatic nitrogens is 1. The molecule has 1 rings (SSSR count). The third-order valence-electron chi connectivity index (χ3n) is 1.71. The fourth-order valence-electron chi connectivity index (χ4n) is 1.04. The maximum absolute atomic E-state index is 11.8. The van der Waals surface area contributed by atoms with E-state index in [-0.39, 0.29) is 5.88 Å². The molecule has 0 aliphatic carbocycles. The molecule has 15 heavy (non-hydrogen) atoms. The van der Waals surface area contributed by atoms with Gasteiger partial charge in [0, 0.05) is 13.1 Å². The molecule has 1 aromatic rings. The quantitative estimate of drug-likeness (QED) is 0.849. The van der Waals surface area contributed by atoms with Gasteiger partial charge in [-0.05, 0) is 13.0 Å². The summed E-state index contributed by atoms with van der Waals surface area (Å²) in [5.74, 6) is -0.0242. The molecule has 0 saturated carbocycles. The average molecular weight is 220 g/mol. The zero-order chi connectivity index (χ0) is 11.5. The lowest BCUT2D eigenvalue weighted by atomic mass is 10.3. The van der Waals surface area contributed by atoms with Crippen LogP contribution in [-0.2, 0) is 0 Å². The highest BCUT2D eigenvalue weighted by molar-refractivity contribution is 5.47. The van der Waals surface area contributed by atoms with Gasteiger partial charge in [-0.2, -0.15) is 13.2 Å². The summed E-state index contributed by atoms with van der Waals surface area (Å²) in [7, 11) is 1.71. The van der Waals surface area contributed by atoms with Gasteiger partial charge in [-0.1, -0.05) is 0 Å². The van der Waals surface area contributed by atoms with E-state index in [2.05, 4.69) is 15.0 Å². The van der Waals surface area contributed by atoms with Crippen LogP contribution in [0.4, 0.5) is 18.9 Å². The fourth-order valence-corrected chi connectivity index (χ4v) is 1.04. The Balaban J connectivity index is 2.68. The molecule has 0 saturated heterocycles. The van der Waals surface area contributed by atoms with Gasteiger partial charge in [-0.25, -0.2) is 4.98 Å². The minimum atomic E-state index is -4.34. The first-order valence-corrected chi connectivity index (χ1v) is 4.27. The number of nitrogens with one attached hydrogen (secondary N) is 1. The molecule has 0 aliphatic heterocycles. The average Bonchev–Trinajstić information content (AvgIpc) is 2.14. The van der Waals surface area contributed by atoms with Crippen molar-refractivity contribution >= 4 is 5.69 Å². The smallest absolute Gasteiger partial charge is 0.422 e. The summed E-state index contributed by atoms with van der Waals surface area (Å²) in [5, 5.41) is 2.85. The van der Waals surface area contributed by atoms with Crippen LogP contribution >= 0.6 is 0 Å². The first-order valence-electron chi connectivity index (χ1n) is 4.27. The molecule has 1 heterocycles. The second kappa shape index (κ2) is 4.37. The number of hydrogen-bond donors (Lipinski definition) is 1. The van der Waals surface area contributed by atoms with E-state index in [1.807, 2.05) is 0 Å². The Bertz CT molecular complexity index is 339. The van der Waals surface area contributed by atoms with E-state index in [0.29, 0.717) is 5.69 Å². The van der Waals surface area contributed by atoms with Crippen LogP contribution in [0.15, 0.2) is 12.1 Å². The van der Waals surface area contributed by atoms with Crippen LogP contribution in [-0.4, -0.2) is 24.8 Å². The number of rotatable bonds is 3. The van der Waals surface area contributed by atoms with E-state index in [1.165, 1.54) is 6.07 Å². The van der Waals surface area contributed by atoms with Gasteiger partial charge in [0.1, 0.15) is 0 Å².